The summed E-state index contributed by atoms with van der Waals surface area (Å²) in [6, 6.07) is 1.52. The Morgan fingerprint density at radius 3 is 3.00 bits per heavy atom. The lowest BCUT2D eigenvalue weighted by Gasteiger charge is -2.04. The molecule has 1 rings (SSSR count). The summed E-state index contributed by atoms with van der Waals surface area (Å²) in [5.41, 5.74) is 0.903. The van der Waals surface area contributed by atoms with Crippen molar-refractivity contribution >= 4 is 11.8 Å². The summed E-state index contributed by atoms with van der Waals surface area (Å²) in [7, 11) is 0. The van der Waals surface area contributed by atoms with Gasteiger partial charge in [-0.25, -0.2) is 4.39 Å². The van der Waals surface area contributed by atoms with E-state index >= 15 is 0 Å². The number of rotatable bonds is 7. The maximum Gasteiger partial charge on any atom is 0.141 e. The molecule has 1 aromatic rings. The zero-order valence-corrected chi connectivity index (χ0v) is 9.82. The van der Waals surface area contributed by atoms with Gasteiger partial charge in [-0.05, 0) is 43.0 Å². The summed E-state index contributed by atoms with van der Waals surface area (Å²) in [5, 5.41) is 3.27. The molecule has 0 aliphatic heterocycles. The molecule has 1 aromatic heterocycles. The van der Waals surface area contributed by atoms with E-state index in [-0.39, 0.29) is 5.82 Å². The molecule has 0 aliphatic carbocycles. The smallest absolute Gasteiger partial charge is 0.141 e. The molecule has 0 radical (unpaired) electrons. The van der Waals surface area contributed by atoms with E-state index in [9.17, 15) is 4.39 Å². The first-order chi connectivity index (χ1) is 7.33. The van der Waals surface area contributed by atoms with Crippen molar-refractivity contribution in [3.63, 3.8) is 0 Å². The van der Waals surface area contributed by atoms with E-state index in [4.69, 9.17) is 0 Å². The number of unbranched alkanes of at least 4 members (excludes halogenated alkanes) is 1. The normalized spacial score (nSPS) is 10.5. The monoisotopic (exact) mass is 228 g/mol. The molecule has 0 unspecified atom stereocenters. The number of nitrogens with zero attached hydrogens (tertiary/aromatic N) is 1. The molecule has 1 N–H and O–H groups in total. The van der Waals surface area contributed by atoms with E-state index in [2.05, 4.69) is 16.6 Å². The number of aromatic nitrogens is 1. The standard InChI is InChI=1S/C11H17FN2S/c1-15-5-3-2-4-13-7-10-6-11(12)9-14-8-10/h6,8-9,13H,2-5,7H2,1H3. The van der Waals surface area contributed by atoms with Crippen LogP contribution in [0.1, 0.15) is 18.4 Å². The Bertz CT molecular complexity index is 281. The molecule has 0 aliphatic rings. The number of nitrogens with one attached hydrogen (secondary N) is 1. The highest BCUT2D eigenvalue weighted by atomic mass is 32.2. The maximum atomic E-state index is 12.7. The van der Waals surface area contributed by atoms with E-state index in [1.807, 2.05) is 11.8 Å². The fourth-order valence-electron chi connectivity index (χ4n) is 1.28. The number of pyridine rings is 1. The van der Waals surface area contributed by atoms with E-state index in [0.29, 0.717) is 6.54 Å². The summed E-state index contributed by atoms with van der Waals surface area (Å²) in [6.45, 7) is 1.68. The molecule has 84 valence electrons. The van der Waals surface area contributed by atoms with Gasteiger partial charge in [0.2, 0.25) is 0 Å². The fourth-order valence-corrected chi connectivity index (χ4v) is 1.77. The summed E-state index contributed by atoms with van der Waals surface area (Å²) in [4.78, 5) is 3.79. The van der Waals surface area contributed by atoms with Crippen molar-refractivity contribution in [2.45, 2.75) is 19.4 Å². The number of halogens is 1. The van der Waals surface area contributed by atoms with Crippen molar-refractivity contribution in [2.75, 3.05) is 18.6 Å². The van der Waals surface area contributed by atoms with Gasteiger partial charge in [-0.2, -0.15) is 11.8 Å². The topological polar surface area (TPSA) is 24.9 Å². The lowest BCUT2D eigenvalue weighted by atomic mass is 10.2. The van der Waals surface area contributed by atoms with Gasteiger partial charge < -0.3 is 5.32 Å². The highest BCUT2D eigenvalue weighted by Crippen LogP contribution is 2.01. The third-order valence-electron chi connectivity index (χ3n) is 2.04. The molecule has 0 fully saturated rings. The van der Waals surface area contributed by atoms with Gasteiger partial charge in [0.1, 0.15) is 5.82 Å². The maximum absolute atomic E-state index is 12.7. The number of hydrogen-bond acceptors (Lipinski definition) is 3. The van der Waals surface area contributed by atoms with Gasteiger partial charge in [0, 0.05) is 12.7 Å². The van der Waals surface area contributed by atoms with E-state index < -0.39 is 0 Å². The second-order valence-corrected chi connectivity index (χ2v) is 4.37. The minimum atomic E-state index is -0.267. The van der Waals surface area contributed by atoms with Crippen LogP contribution in [-0.2, 0) is 6.54 Å². The van der Waals surface area contributed by atoms with Crippen LogP contribution in [-0.4, -0.2) is 23.5 Å². The highest BCUT2D eigenvalue weighted by molar-refractivity contribution is 7.98. The molecule has 2 nitrogen and oxygen atoms in total. The third-order valence-corrected chi connectivity index (χ3v) is 2.74. The summed E-state index contributed by atoms with van der Waals surface area (Å²) >= 11 is 1.87. The highest BCUT2D eigenvalue weighted by Gasteiger charge is 1.95. The van der Waals surface area contributed by atoms with Crippen LogP contribution in [0, 0.1) is 5.82 Å². The molecule has 0 amide bonds. The van der Waals surface area contributed by atoms with Crippen LogP contribution in [0.3, 0.4) is 0 Å². The van der Waals surface area contributed by atoms with Gasteiger partial charge in [0.25, 0.3) is 0 Å². The van der Waals surface area contributed by atoms with Gasteiger partial charge in [0.15, 0.2) is 0 Å². The van der Waals surface area contributed by atoms with Crippen LogP contribution in [0.15, 0.2) is 18.5 Å². The predicted octanol–water partition coefficient (Wildman–Crippen LogP) is 2.45. The van der Waals surface area contributed by atoms with Crippen LogP contribution in [0.5, 0.6) is 0 Å². The van der Waals surface area contributed by atoms with Crippen molar-refractivity contribution < 1.29 is 4.39 Å². The second kappa shape index (κ2) is 7.65. The SMILES string of the molecule is CSCCCCNCc1cncc(F)c1. The van der Waals surface area contributed by atoms with Crippen LogP contribution >= 0.6 is 11.8 Å². The average Bonchev–Trinajstić information content (AvgIpc) is 2.23. The minimum Gasteiger partial charge on any atom is -0.313 e. The molecule has 0 spiro atoms. The second-order valence-electron chi connectivity index (χ2n) is 3.39. The summed E-state index contributed by atoms with van der Waals surface area (Å²) in [6.07, 6.45) is 7.44. The largest absolute Gasteiger partial charge is 0.313 e. The lowest BCUT2D eigenvalue weighted by Crippen LogP contribution is -2.15. The zero-order chi connectivity index (χ0) is 10.9. The van der Waals surface area contributed by atoms with Crippen molar-refractivity contribution in [3.05, 3.63) is 29.8 Å². The average molecular weight is 228 g/mol. The Morgan fingerprint density at radius 1 is 1.40 bits per heavy atom. The molecule has 0 aromatic carbocycles. The van der Waals surface area contributed by atoms with E-state index in [1.165, 1.54) is 30.9 Å². The first kappa shape index (κ1) is 12.5. The number of hydrogen-bond donors (Lipinski definition) is 1. The van der Waals surface area contributed by atoms with E-state index in [0.717, 1.165) is 12.1 Å². The Hall–Kier alpha value is -0.610. The predicted molar refractivity (Wildman–Crippen MR) is 63.5 cm³/mol. The molecule has 0 saturated carbocycles. The van der Waals surface area contributed by atoms with E-state index in [1.54, 1.807) is 6.20 Å². The Balaban J connectivity index is 2.10. The van der Waals surface area contributed by atoms with Gasteiger partial charge >= 0.3 is 0 Å². The lowest BCUT2D eigenvalue weighted by molar-refractivity contribution is 0.607. The first-order valence-corrected chi connectivity index (χ1v) is 6.51. The fraction of sp³-hybridized carbons (Fsp3) is 0.545. The van der Waals surface area contributed by atoms with Crippen LogP contribution in [0.2, 0.25) is 0 Å². The van der Waals surface area contributed by atoms with Crippen LogP contribution in [0.4, 0.5) is 4.39 Å². The zero-order valence-electron chi connectivity index (χ0n) is 9.00. The van der Waals surface area contributed by atoms with Gasteiger partial charge in [0.05, 0.1) is 6.20 Å². The van der Waals surface area contributed by atoms with Crippen LogP contribution in [0.25, 0.3) is 0 Å². The molecular formula is C11H17FN2S. The molecular weight excluding hydrogens is 211 g/mol. The van der Waals surface area contributed by atoms with Crippen molar-refractivity contribution in [1.29, 1.82) is 0 Å². The van der Waals surface area contributed by atoms with Crippen LogP contribution < -0.4 is 5.32 Å². The number of thioether (sulfide) groups is 1. The van der Waals surface area contributed by atoms with Gasteiger partial charge in [-0.3, -0.25) is 4.98 Å². The molecule has 4 heteroatoms. The quantitative estimate of drug-likeness (QED) is 0.726. The van der Waals surface area contributed by atoms with Crippen molar-refractivity contribution in [3.8, 4) is 0 Å². The summed E-state index contributed by atoms with van der Waals surface area (Å²) < 4.78 is 12.7. The molecule has 15 heavy (non-hydrogen) atoms. The molecule has 1 heterocycles. The molecule has 0 saturated heterocycles. The molecule has 0 atom stereocenters. The van der Waals surface area contributed by atoms with Crippen molar-refractivity contribution in [1.82, 2.24) is 10.3 Å². The van der Waals surface area contributed by atoms with Gasteiger partial charge in [-0.1, -0.05) is 0 Å². The Labute approximate surface area is 94.7 Å². The Morgan fingerprint density at radius 2 is 2.27 bits per heavy atom. The Kier molecular flexibility index (Phi) is 6.36. The van der Waals surface area contributed by atoms with Gasteiger partial charge in [-0.15, -0.1) is 0 Å². The van der Waals surface area contributed by atoms with Crippen molar-refractivity contribution in [2.24, 2.45) is 0 Å². The minimum absolute atomic E-state index is 0.267. The molecule has 0 bridgehead atoms. The first-order valence-electron chi connectivity index (χ1n) is 5.12. The summed E-state index contributed by atoms with van der Waals surface area (Å²) in [5.74, 6) is 0.945. The third kappa shape index (κ3) is 5.74.